The van der Waals surface area contributed by atoms with Crippen molar-refractivity contribution in [3.8, 4) is 0 Å². The average molecular weight is 144 g/mol. The number of hydrogen-bond acceptors (Lipinski definition) is 2. The summed E-state index contributed by atoms with van der Waals surface area (Å²) >= 11 is 4.83. The topological polar surface area (TPSA) is 29.3 Å². The van der Waals surface area contributed by atoms with Gasteiger partial charge in [-0.15, -0.1) is 0 Å². The van der Waals surface area contributed by atoms with Gasteiger partial charge in [0.2, 0.25) is 0 Å². The zero-order valence-electron chi connectivity index (χ0n) is 5.63. The van der Waals surface area contributed by atoms with Crippen molar-refractivity contribution in [3.63, 3.8) is 0 Å². The predicted molar refractivity (Wildman–Crippen MR) is 42.4 cm³/mol. The fourth-order valence-corrected chi connectivity index (χ4v) is 1.06. The van der Waals surface area contributed by atoms with Gasteiger partial charge in [-0.1, -0.05) is 12.2 Å². The van der Waals surface area contributed by atoms with Crippen LogP contribution in [0, 0.1) is 0 Å². The monoisotopic (exact) mass is 144 g/mol. The quantitative estimate of drug-likeness (QED) is 0.568. The summed E-state index contributed by atoms with van der Waals surface area (Å²) in [6.07, 6.45) is 1.30. The smallest absolute Gasteiger partial charge is 0.0899 e. The molecule has 1 saturated heterocycles. The molecule has 0 aromatic carbocycles. The highest BCUT2D eigenvalue weighted by Crippen LogP contribution is 2.10. The lowest BCUT2D eigenvalue weighted by atomic mass is 10.1. The molecule has 1 aliphatic heterocycles. The summed E-state index contributed by atoms with van der Waals surface area (Å²) in [5.41, 5.74) is 5.44. The van der Waals surface area contributed by atoms with E-state index in [1.165, 1.54) is 19.5 Å². The molecule has 2 N–H and O–H groups in total. The molecule has 1 fully saturated rings. The minimum absolute atomic E-state index is 0.314. The normalized spacial score (nSPS) is 22.8. The zero-order valence-corrected chi connectivity index (χ0v) is 6.45. The molecule has 1 aliphatic rings. The van der Waals surface area contributed by atoms with E-state index in [9.17, 15) is 0 Å². The van der Waals surface area contributed by atoms with Crippen LogP contribution in [-0.2, 0) is 0 Å². The summed E-state index contributed by atoms with van der Waals surface area (Å²) in [4.78, 5) is 2.90. The van der Waals surface area contributed by atoms with Crippen LogP contribution in [-0.4, -0.2) is 29.0 Å². The van der Waals surface area contributed by atoms with Crippen molar-refractivity contribution in [3.05, 3.63) is 0 Å². The van der Waals surface area contributed by atoms with Gasteiger partial charge < -0.3 is 5.73 Å². The summed E-state index contributed by atoms with van der Waals surface area (Å²) in [5, 5.41) is 0. The number of nitrogens with two attached hydrogens (primary N) is 1. The zero-order chi connectivity index (χ0) is 6.85. The molecule has 0 aliphatic carbocycles. The second-order valence-electron chi connectivity index (χ2n) is 2.47. The first-order valence-corrected chi connectivity index (χ1v) is 3.66. The second kappa shape index (κ2) is 2.62. The maximum absolute atomic E-state index is 5.44. The maximum Gasteiger partial charge on any atom is 0.0899 e. The van der Waals surface area contributed by atoms with Gasteiger partial charge in [0, 0.05) is 13.1 Å². The molecule has 2 nitrogen and oxygen atoms in total. The molecular weight excluding hydrogens is 132 g/mol. The third-order valence-corrected chi connectivity index (χ3v) is 2.19. The highest BCUT2D eigenvalue weighted by atomic mass is 32.1. The van der Waals surface area contributed by atoms with Crippen LogP contribution in [0.5, 0.6) is 0 Å². The van der Waals surface area contributed by atoms with Crippen LogP contribution in [0.3, 0.4) is 0 Å². The molecule has 0 saturated carbocycles. The first-order chi connectivity index (χ1) is 4.22. The third-order valence-electron chi connectivity index (χ3n) is 1.85. The summed E-state index contributed by atoms with van der Waals surface area (Å²) < 4.78 is 0. The van der Waals surface area contributed by atoms with Crippen molar-refractivity contribution in [1.82, 2.24) is 4.90 Å². The van der Waals surface area contributed by atoms with Gasteiger partial charge in [0.15, 0.2) is 0 Å². The molecule has 0 amide bonds. The minimum atomic E-state index is 0.314. The molecule has 1 unspecified atom stereocenters. The van der Waals surface area contributed by atoms with Gasteiger partial charge in [-0.05, 0) is 13.3 Å². The Bertz CT molecular complexity index is 120. The number of likely N-dealkylation sites (tertiary alicyclic amines) is 1. The van der Waals surface area contributed by atoms with Crippen LogP contribution in [0.1, 0.15) is 13.3 Å². The minimum Gasteiger partial charge on any atom is -0.392 e. The number of hydrogen-bond donors (Lipinski definition) is 1. The van der Waals surface area contributed by atoms with E-state index in [4.69, 9.17) is 18.0 Å². The van der Waals surface area contributed by atoms with Crippen molar-refractivity contribution in [2.24, 2.45) is 5.73 Å². The summed E-state index contributed by atoms with van der Waals surface area (Å²) in [7, 11) is 0. The van der Waals surface area contributed by atoms with Gasteiger partial charge in [0.25, 0.3) is 0 Å². The lowest BCUT2D eigenvalue weighted by Gasteiger charge is -2.35. The highest BCUT2D eigenvalue weighted by Gasteiger charge is 2.21. The second-order valence-corrected chi connectivity index (χ2v) is 2.94. The molecule has 0 bridgehead atoms. The Morgan fingerprint density at radius 1 is 1.67 bits per heavy atom. The Kier molecular flexibility index (Phi) is 2.03. The van der Waals surface area contributed by atoms with Crippen molar-refractivity contribution < 1.29 is 0 Å². The van der Waals surface area contributed by atoms with Gasteiger partial charge in [0.05, 0.1) is 11.0 Å². The largest absolute Gasteiger partial charge is 0.392 e. The Morgan fingerprint density at radius 2 is 2.22 bits per heavy atom. The van der Waals surface area contributed by atoms with Crippen molar-refractivity contribution >= 4 is 17.2 Å². The summed E-state index contributed by atoms with van der Waals surface area (Å²) in [6.45, 7) is 4.39. The first-order valence-electron chi connectivity index (χ1n) is 3.25. The van der Waals surface area contributed by atoms with Crippen LogP contribution in [0.4, 0.5) is 0 Å². The van der Waals surface area contributed by atoms with Crippen LogP contribution in [0.25, 0.3) is 0 Å². The van der Waals surface area contributed by atoms with Gasteiger partial charge >= 0.3 is 0 Å². The van der Waals surface area contributed by atoms with E-state index in [1.54, 1.807) is 0 Å². The van der Waals surface area contributed by atoms with E-state index in [-0.39, 0.29) is 0 Å². The van der Waals surface area contributed by atoms with E-state index in [0.29, 0.717) is 11.0 Å². The predicted octanol–water partition coefficient (Wildman–Crippen LogP) is 0.367. The van der Waals surface area contributed by atoms with Crippen molar-refractivity contribution in [2.75, 3.05) is 13.1 Å². The summed E-state index contributed by atoms with van der Waals surface area (Å²) in [6, 6.07) is 0.314. The van der Waals surface area contributed by atoms with E-state index in [2.05, 4.69) is 11.8 Å². The Morgan fingerprint density at radius 3 is 2.33 bits per heavy atom. The Hall–Kier alpha value is -0.150. The molecule has 1 atom stereocenters. The molecule has 0 spiro atoms. The fourth-order valence-electron chi connectivity index (χ4n) is 0.908. The third kappa shape index (κ3) is 1.40. The van der Waals surface area contributed by atoms with Gasteiger partial charge in [-0.2, -0.15) is 0 Å². The van der Waals surface area contributed by atoms with Crippen LogP contribution < -0.4 is 5.73 Å². The SMILES string of the molecule is CC(C(N)=S)N1CCC1. The Balaban J connectivity index is 2.32. The van der Waals surface area contributed by atoms with E-state index in [1.807, 2.05) is 0 Å². The molecule has 52 valence electrons. The first kappa shape index (κ1) is 6.96. The Labute approximate surface area is 61.0 Å². The molecule has 0 radical (unpaired) electrons. The van der Waals surface area contributed by atoms with Gasteiger partial charge in [-0.3, -0.25) is 4.90 Å². The van der Waals surface area contributed by atoms with E-state index >= 15 is 0 Å². The van der Waals surface area contributed by atoms with Gasteiger partial charge in [0.1, 0.15) is 0 Å². The molecule has 0 aromatic heterocycles. The molecule has 9 heavy (non-hydrogen) atoms. The van der Waals surface area contributed by atoms with Crippen LogP contribution in [0.15, 0.2) is 0 Å². The van der Waals surface area contributed by atoms with E-state index in [0.717, 1.165) is 0 Å². The number of rotatable bonds is 2. The number of thiocarbonyl (C=S) groups is 1. The van der Waals surface area contributed by atoms with Crippen LogP contribution >= 0.6 is 12.2 Å². The lowest BCUT2D eigenvalue weighted by Crippen LogP contribution is -2.49. The average Bonchev–Trinajstić information content (AvgIpc) is 1.60. The molecule has 1 heterocycles. The maximum atomic E-state index is 5.44. The molecule has 1 rings (SSSR count). The standard InChI is InChI=1S/C6H12N2S/c1-5(6(7)9)8-3-2-4-8/h5H,2-4H2,1H3,(H2,7,9). The molecule has 3 heteroatoms. The number of nitrogens with zero attached hydrogens (tertiary/aromatic N) is 1. The molecular formula is C6H12N2S. The van der Waals surface area contributed by atoms with Crippen LogP contribution in [0.2, 0.25) is 0 Å². The van der Waals surface area contributed by atoms with Gasteiger partial charge in [-0.25, -0.2) is 0 Å². The highest BCUT2D eigenvalue weighted by molar-refractivity contribution is 7.80. The van der Waals surface area contributed by atoms with E-state index < -0.39 is 0 Å². The molecule has 0 aromatic rings. The van der Waals surface area contributed by atoms with Crippen molar-refractivity contribution in [1.29, 1.82) is 0 Å². The van der Waals surface area contributed by atoms with Crippen molar-refractivity contribution in [2.45, 2.75) is 19.4 Å². The summed E-state index contributed by atoms with van der Waals surface area (Å²) in [5.74, 6) is 0. The fraction of sp³-hybridized carbons (Fsp3) is 0.833. The lowest BCUT2D eigenvalue weighted by molar-refractivity contribution is 0.164.